The van der Waals surface area contributed by atoms with Gasteiger partial charge in [-0.1, -0.05) is 0 Å². The number of rotatable bonds is 8. The number of benzene rings is 3. The fourth-order valence-corrected chi connectivity index (χ4v) is 10.3. The van der Waals surface area contributed by atoms with E-state index in [1.165, 1.54) is 6.20 Å². The molecular weight excluding hydrogens is 437 g/mol. The molecule has 162 valence electrons. The second-order valence-corrected chi connectivity index (χ2v) is 14.2. The Hall–Kier alpha value is -3.00. The van der Waals surface area contributed by atoms with Crippen LogP contribution in [-0.2, 0) is 4.74 Å². The molecule has 1 heterocycles. The van der Waals surface area contributed by atoms with Crippen LogP contribution in [-0.4, -0.2) is 23.7 Å². The Bertz CT molecular complexity index is 1060. The number of carbonyl (C=O) groups excluding carboxylic acids is 1. The zero-order chi connectivity index (χ0) is 22.3. The number of aromatic nitrogens is 1. The Balaban J connectivity index is 1.70. The van der Waals surface area contributed by atoms with Gasteiger partial charge in [0, 0.05) is 0 Å². The van der Waals surface area contributed by atoms with Gasteiger partial charge in [-0.05, 0) is 0 Å². The molecular formula is C27H25ClNO2P. The van der Waals surface area contributed by atoms with Gasteiger partial charge in [0.2, 0.25) is 0 Å². The Labute approximate surface area is 193 Å². The van der Waals surface area contributed by atoms with Crippen LogP contribution in [0.3, 0.4) is 0 Å². The molecule has 4 aromatic rings. The average molecular weight is 462 g/mol. The van der Waals surface area contributed by atoms with Crippen molar-refractivity contribution >= 4 is 39.1 Å². The van der Waals surface area contributed by atoms with Crippen LogP contribution in [0.5, 0.6) is 0 Å². The van der Waals surface area contributed by atoms with Crippen molar-refractivity contribution in [1.29, 1.82) is 0 Å². The van der Waals surface area contributed by atoms with Crippen molar-refractivity contribution in [3.8, 4) is 0 Å². The first-order valence-corrected chi connectivity index (χ1v) is 13.9. The van der Waals surface area contributed by atoms with Crippen molar-refractivity contribution in [2.24, 2.45) is 0 Å². The molecule has 0 fully saturated rings. The summed E-state index contributed by atoms with van der Waals surface area (Å²) in [6.07, 6.45) is 4.45. The molecule has 0 atom stereocenters. The van der Waals surface area contributed by atoms with Crippen LogP contribution in [0.25, 0.3) is 0 Å². The minimum atomic E-state index is -3.32. The molecule has 0 amide bonds. The van der Waals surface area contributed by atoms with E-state index < -0.39 is 5.96 Å². The van der Waals surface area contributed by atoms with Crippen molar-refractivity contribution in [3.05, 3.63) is 121 Å². The molecule has 0 saturated carbocycles. The van der Waals surface area contributed by atoms with Crippen molar-refractivity contribution < 1.29 is 9.53 Å². The van der Waals surface area contributed by atoms with Crippen molar-refractivity contribution in [2.45, 2.75) is 6.42 Å². The summed E-state index contributed by atoms with van der Waals surface area (Å²) in [5, 5.41) is 3.32. The van der Waals surface area contributed by atoms with Crippen LogP contribution in [0, 0.1) is 0 Å². The summed E-state index contributed by atoms with van der Waals surface area (Å²) in [7, 11) is 0. The number of halogens is 1. The van der Waals surface area contributed by atoms with Crippen LogP contribution >= 0.6 is 17.2 Å². The quantitative estimate of drug-likeness (QED) is 0.203. The van der Waals surface area contributed by atoms with E-state index in [2.05, 4.69) is 41.4 Å². The van der Waals surface area contributed by atoms with E-state index in [-0.39, 0.29) is 12.6 Å². The van der Waals surface area contributed by atoms with E-state index in [0.717, 1.165) is 15.9 Å². The van der Waals surface area contributed by atoms with Gasteiger partial charge in [-0.2, -0.15) is 0 Å². The predicted molar refractivity (Wildman–Crippen MR) is 135 cm³/mol. The number of ether oxygens (including phenoxy) is 1. The van der Waals surface area contributed by atoms with Crippen LogP contribution < -0.4 is 15.9 Å². The Morgan fingerprint density at radius 1 is 0.750 bits per heavy atom. The molecule has 0 bridgehead atoms. The Morgan fingerprint density at radius 2 is 1.25 bits per heavy atom. The summed E-state index contributed by atoms with van der Waals surface area (Å²) < 4.78 is 5.56. The van der Waals surface area contributed by atoms with Gasteiger partial charge in [0.05, 0.1) is 0 Å². The number of hydrogen-bond acceptors (Lipinski definition) is 3. The summed E-state index contributed by atoms with van der Waals surface area (Å²) >= 11 is 7.99. The van der Waals surface area contributed by atoms with Gasteiger partial charge in [0.25, 0.3) is 0 Å². The molecule has 0 spiro atoms. The van der Waals surface area contributed by atoms with E-state index in [1.54, 1.807) is 18.3 Å². The molecule has 4 rings (SSSR count). The normalized spacial score (nSPS) is 12.5. The fourth-order valence-electron chi connectivity index (χ4n) is 4.14. The fraction of sp³-hybridized carbons (Fsp3) is 0.111. The topological polar surface area (TPSA) is 39.2 Å². The van der Waals surface area contributed by atoms with Gasteiger partial charge in [-0.15, -0.1) is 0 Å². The molecule has 0 aliphatic carbocycles. The maximum atomic E-state index is 12.4. The van der Waals surface area contributed by atoms with E-state index in [9.17, 15) is 4.79 Å². The third-order valence-corrected chi connectivity index (χ3v) is 13.3. The van der Waals surface area contributed by atoms with Crippen LogP contribution in [0.15, 0.2) is 116 Å². The van der Waals surface area contributed by atoms with E-state index in [1.807, 2.05) is 54.6 Å². The van der Waals surface area contributed by atoms with Gasteiger partial charge in [0.15, 0.2) is 0 Å². The number of esters is 1. The monoisotopic (exact) mass is 461 g/mol. The van der Waals surface area contributed by atoms with Gasteiger partial charge in [0.1, 0.15) is 0 Å². The Morgan fingerprint density at radius 3 is 1.69 bits per heavy atom. The van der Waals surface area contributed by atoms with Gasteiger partial charge in [-0.25, -0.2) is 0 Å². The first-order valence-electron chi connectivity index (χ1n) is 10.6. The number of nitrogens with zero attached hydrogens (tertiary/aromatic N) is 1. The zero-order valence-corrected chi connectivity index (χ0v) is 19.3. The second-order valence-electron chi connectivity index (χ2n) is 7.64. The van der Waals surface area contributed by atoms with E-state index >= 15 is 0 Å². The summed E-state index contributed by atoms with van der Waals surface area (Å²) in [6, 6.07) is 34.4. The molecule has 3 aromatic carbocycles. The van der Waals surface area contributed by atoms with Crippen molar-refractivity contribution in [3.63, 3.8) is 0 Å². The molecule has 0 unspecified atom stereocenters. The first-order chi connectivity index (χ1) is 15.6. The average Bonchev–Trinajstić information content (AvgIpc) is 2.88. The second kappa shape index (κ2) is 9.65. The molecule has 32 heavy (non-hydrogen) atoms. The minimum absolute atomic E-state index is 0.283. The summed E-state index contributed by atoms with van der Waals surface area (Å²) in [5.74, 6) is -3.69. The zero-order valence-electron chi connectivity index (χ0n) is 17.7. The van der Waals surface area contributed by atoms with Crippen molar-refractivity contribution in [1.82, 2.24) is 4.98 Å². The van der Waals surface area contributed by atoms with Crippen LogP contribution in [0.1, 0.15) is 16.8 Å². The molecule has 5 heteroatoms. The number of pyridine rings is 1. The van der Waals surface area contributed by atoms with Gasteiger partial charge < -0.3 is 0 Å². The Kier molecular flexibility index (Phi) is 6.69. The summed E-state index contributed by atoms with van der Waals surface area (Å²) in [6.45, 7) is 0.283. The van der Waals surface area contributed by atoms with Crippen LogP contribution in [0.4, 0.5) is 0 Å². The standard InChI is InChI=1S/C27H25ClNO2P/c28-32(24-13-4-1-5-14-24,25-15-6-2-7-16-25,26-17-8-3-9-18-26)21-11-20-31-27(30)23-12-10-19-29-22-23/h1-10,12-19,22H,11,20-21H2. The van der Waals surface area contributed by atoms with E-state index in [4.69, 9.17) is 16.0 Å². The van der Waals surface area contributed by atoms with E-state index in [0.29, 0.717) is 18.1 Å². The predicted octanol–water partition coefficient (Wildman–Crippen LogP) is 5.31. The number of hydrogen-bond donors (Lipinski definition) is 0. The molecule has 3 nitrogen and oxygen atoms in total. The first kappa shape index (κ1) is 22.2. The molecule has 1 aromatic heterocycles. The SMILES string of the molecule is O=C(OCCCP(Cl)(c1ccccc1)(c1ccccc1)c1ccccc1)c1cccnc1. The molecule has 0 aliphatic rings. The third kappa shape index (κ3) is 4.19. The molecule has 0 N–H and O–H groups in total. The molecule has 0 radical (unpaired) electrons. The van der Waals surface area contributed by atoms with Gasteiger partial charge >= 0.3 is 194 Å². The maximum absolute atomic E-state index is 12.4. The summed E-state index contributed by atoms with van der Waals surface area (Å²) in [5.41, 5.74) is 0.449. The number of carbonyl (C=O) groups is 1. The molecule has 0 aliphatic heterocycles. The van der Waals surface area contributed by atoms with Gasteiger partial charge in [-0.3, -0.25) is 0 Å². The van der Waals surface area contributed by atoms with Crippen molar-refractivity contribution in [2.75, 3.05) is 12.8 Å². The van der Waals surface area contributed by atoms with Crippen LogP contribution in [0.2, 0.25) is 0 Å². The third-order valence-electron chi connectivity index (χ3n) is 5.74. The summed E-state index contributed by atoms with van der Waals surface area (Å²) in [4.78, 5) is 16.4. The molecule has 0 saturated heterocycles.